The Morgan fingerprint density at radius 3 is 2.62 bits per heavy atom. The normalized spacial score (nSPS) is 21.6. The molecule has 2 aromatic heterocycles. The topological polar surface area (TPSA) is 47.0 Å². The molecule has 3 heterocycles. The van der Waals surface area contributed by atoms with Crippen LogP contribution in [0.3, 0.4) is 0 Å². The predicted octanol–water partition coefficient (Wildman–Crippen LogP) is 4.03. The summed E-state index contributed by atoms with van der Waals surface area (Å²) in [5.74, 6) is 0. The summed E-state index contributed by atoms with van der Waals surface area (Å²) < 4.78 is 7.16. The third-order valence-electron chi connectivity index (χ3n) is 3.64. The Bertz CT molecular complexity index is 652. The lowest BCUT2D eigenvalue weighted by atomic mass is 9.81. The molecule has 1 aliphatic rings. The van der Waals surface area contributed by atoms with E-state index in [0.29, 0.717) is 10.3 Å². The van der Waals surface area contributed by atoms with Crippen molar-refractivity contribution in [2.45, 2.75) is 57.7 Å². The summed E-state index contributed by atoms with van der Waals surface area (Å²) in [6.07, 6.45) is 3.79. The summed E-state index contributed by atoms with van der Waals surface area (Å²) in [7, 11) is 0. The number of piperidine rings is 1. The van der Waals surface area contributed by atoms with Crippen LogP contribution in [0.2, 0.25) is 5.15 Å². The van der Waals surface area contributed by atoms with Crippen LogP contribution in [0.25, 0.3) is 10.2 Å². The first kappa shape index (κ1) is 15.0. The van der Waals surface area contributed by atoms with Gasteiger partial charge in [-0.3, -0.25) is 0 Å². The Morgan fingerprint density at radius 1 is 1.29 bits per heavy atom. The van der Waals surface area contributed by atoms with E-state index in [1.165, 1.54) is 11.3 Å². The monoisotopic (exact) mass is 325 g/mol. The van der Waals surface area contributed by atoms with Crippen molar-refractivity contribution >= 4 is 33.2 Å². The molecule has 1 saturated heterocycles. The lowest BCUT2D eigenvalue weighted by Crippen LogP contribution is -2.60. The molecule has 2 aromatic rings. The summed E-state index contributed by atoms with van der Waals surface area (Å²) in [4.78, 5) is 8.56. The maximum Gasteiger partial charge on any atom is 0.274 e. The zero-order valence-electron chi connectivity index (χ0n) is 12.7. The van der Waals surface area contributed by atoms with Crippen LogP contribution in [0.1, 0.15) is 40.5 Å². The Labute approximate surface area is 133 Å². The van der Waals surface area contributed by atoms with E-state index in [9.17, 15) is 0 Å². The molecule has 0 bridgehead atoms. The second-order valence-electron chi connectivity index (χ2n) is 7.00. The molecule has 0 saturated carbocycles. The van der Waals surface area contributed by atoms with E-state index < -0.39 is 0 Å². The van der Waals surface area contributed by atoms with Gasteiger partial charge in [0, 0.05) is 23.9 Å². The smallest absolute Gasteiger partial charge is 0.274 e. The number of halogens is 1. The third-order valence-corrected chi connectivity index (χ3v) is 4.76. The van der Waals surface area contributed by atoms with Gasteiger partial charge in [0.05, 0.1) is 10.9 Å². The first-order valence-corrected chi connectivity index (χ1v) is 8.30. The van der Waals surface area contributed by atoms with Crippen molar-refractivity contribution in [3.8, 4) is 5.19 Å². The number of nitrogens with one attached hydrogen (secondary N) is 1. The van der Waals surface area contributed by atoms with Gasteiger partial charge in [-0.2, -0.15) is 0 Å². The van der Waals surface area contributed by atoms with Gasteiger partial charge in [0.25, 0.3) is 5.19 Å². The number of fused-ring (bicyclic) bond motifs is 1. The predicted molar refractivity (Wildman–Crippen MR) is 87.4 cm³/mol. The number of rotatable bonds is 2. The summed E-state index contributed by atoms with van der Waals surface area (Å²) >= 11 is 7.44. The Hall–Kier alpha value is -0.910. The van der Waals surface area contributed by atoms with Gasteiger partial charge in [-0.15, -0.1) is 0 Å². The van der Waals surface area contributed by atoms with Crippen LogP contribution >= 0.6 is 22.9 Å². The number of hydrogen-bond donors (Lipinski definition) is 1. The van der Waals surface area contributed by atoms with Gasteiger partial charge < -0.3 is 10.1 Å². The molecule has 0 atom stereocenters. The minimum atomic E-state index is 0.0635. The van der Waals surface area contributed by atoms with Gasteiger partial charge in [0.15, 0.2) is 0 Å². The van der Waals surface area contributed by atoms with E-state index in [0.717, 1.165) is 23.1 Å². The maximum atomic E-state index is 6.15. The summed E-state index contributed by atoms with van der Waals surface area (Å²) in [6, 6.07) is 1.83. The second kappa shape index (κ2) is 5.07. The third kappa shape index (κ3) is 3.47. The molecule has 0 aromatic carbocycles. The molecule has 0 spiro atoms. The maximum absolute atomic E-state index is 6.15. The minimum Gasteiger partial charge on any atom is -0.467 e. The molecule has 1 aliphatic heterocycles. The second-order valence-corrected chi connectivity index (χ2v) is 8.38. The van der Waals surface area contributed by atoms with Gasteiger partial charge in [-0.1, -0.05) is 22.9 Å². The number of ether oxygens (including phenoxy) is 1. The van der Waals surface area contributed by atoms with Crippen LogP contribution in [0.4, 0.5) is 0 Å². The van der Waals surface area contributed by atoms with Crippen molar-refractivity contribution in [1.82, 2.24) is 15.3 Å². The minimum absolute atomic E-state index is 0.0635. The molecule has 0 amide bonds. The van der Waals surface area contributed by atoms with Crippen molar-refractivity contribution in [2.24, 2.45) is 0 Å². The highest BCUT2D eigenvalue weighted by molar-refractivity contribution is 7.20. The molecule has 3 rings (SSSR count). The van der Waals surface area contributed by atoms with Gasteiger partial charge in [0.1, 0.15) is 16.8 Å². The van der Waals surface area contributed by atoms with Gasteiger partial charge in [0.2, 0.25) is 0 Å². The average Bonchev–Trinajstić information content (AvgIpc) is 2.65. The van der Waals surface area contributed by atoms with Crippen molar-refractivity contribution < 1.29 is 4.74 Å². The molecule has 4 nitrogen and oxygen atoms in total. The van der Waals surface area contributed by atoms with E-state index in [1.54, 1.807) is 6.20 Å². The lowest BCUT2D eigenvalue weighted by Gasteiger charge is -2.45. The summed E-state index contributed by atoms with van der Waals surface area (Å²) in [5.41, 5.74) is 0.967. The SMILES string of the molecule is CC1(C)CC(Oc2nc3cnc(Cl)cc3s2)CC(C)(C)N1. The van der Waals surface area contributed by atoms with Crippen LogP contribution in [0, 0.1) is 0 Å². The fourth-order valence-electron chi connectivity index (χ4n) is 3.29. The molecule has 0 radical (unpaired) electrons. The van der Waals surface area contributed by atoms with Crippen LogP contribution < -0.4 is 10.1 Å². The van der Waals surface area contributed by atoms with Crippen molar-refractivity contribution in [3.63, 3.8) is 0 Å². The van der Waals surface area contributed by atoms with Crippen LogP contribution in [0.15, 0.2) is 12.3 Å². The van der Waals surface area contributed by atoms with Crippen LogP contribution in [-0.4, -0.2) is 27.1 Å². The Morgan fingerprint density at radius 2 is 1.95 bits per heavy atom. The molecule has 0 unspecified atom stereocenters. The Balaban J connectivity index is 1.81. The van der Waals surface area contributed by atoms with Crippen LogP contribution in [0.5, 0.6) is 5.19 Å². The average molecular weight is 326 g/mol. The number of pyridine rings is 1. The first-order chi connectivity index (χ1) is 9.72. The zero-order chi connectivity index (χ0) is 15.3. The lowest BCUT2D eigenvalue weighted by molar-refractivity contribution is 0.0559. The first-order valence-electron chi connectivity index (χ1n) is 7.11. The number of aromatic nitrogens is 2. The zero-order valence-corrected chi connectivity index (χ0v) is 14.3. The fourth-order valence-corrected chi connectivity index (χ4v) is 4.40. The van der Waals surface area contributed by atoms with E-state index in [2.05, 4.69) is 43.0 Å². The van der Waals surface area contributed by atoms with Gasteiger partial charge in [-0.25, -0.2) is 9.97 Å². The number of thiazole rings is 1. The quantitative estimate of drug-likeness (QED) is 0.847. The summed E-state index contributed by atoms with van der Waals surface area (Å²) in [6.45, 7) is 8.86. The summed E-state index contributed by atoms with van der Waals surface area (Å²) in [5, 5.41) is 4.85. The van der Waals surface area contributed by atoms with Crippen molar-refractivity contribution in [2.75, 3.05) is 0 Å². The molecular weight excluding hydrogens is 306 g/mol. The van der Waals surface area contributed by atoms with E-state index in [1.807, 2.05) is 6.07 Å². The molecule has 21 heavy (non-hydrogen) atoms. The van der Waals surface area contributed by atoms with E-state index in [4.69, 9.17) is 16.3 Å². The molecule has 1 N–H and O–H groups in total. The van der Waals surface area contributed by atoms with Crippen LogP contribution in [-0.2, 0) is 0 Å². The Kier molecular flexibility index (Phi) is 3.62. The molecule has 6 heteroatoms. The number of nitrogens with zero attached hydrogens (tertiary/aromatic N) is 2. The standard InChI is InChI=1S/C15H20ClN3OS/c1-14(2)6-9(7-15(3,4)19-14)20-13-18-10-8-17-12(16)5-11(10)21-13/h5,8-9,19H,6-7H2,1-4H3. The van der Waals surface area contributed by atoms with Gasteiger partial charge >= 0.3 is 0 Å². The fraction of sp³-hybridized carbons (Fsp3) is 0.600. The van der Waals surface area contributed by atoms with Gasteiger partial charge in [-0.05, 0) is 33.8 Å². The number of hydrogen-bond acceptors (Lipinski definition) is 5. The molecule has 0 aliphatic carbocycles. The van der Waals surface area contributed by atoms with E-state index >= 15 is 0 Å². The van der Waals surface area contributed by atoms with Crippen molar-refractivity contribution in [1.29, 1.82) is 0 Å². The van der Waals surface area contributed by atoms with E-state index in [-0.39, 0.29) is 17.2 Å². The highest BCUT2D eigenvalue weighted by Gasteiger charge is 2.39. The highest BCUT2D eigenvalue weighted by atomic mass is 35.5. The largest absolute Gasteiger partial charge is 0.467 e. The molecule has 114 valence electrons. The highest BCUT2D eigenvalue weighted by Crippen LogP contribution is 2.34. The van der Waals surface area contributed by atoms with Crippen molar-refractivity contribution in [3.05, 3.63) is 17.4 Å². The molecule has 1 fully saturated rings. The molecular formula is C15H20ClN3OS.